The van der Waals surface area contributed by atoms with Crippen molar-refractivity contribution in [1.29, 1.82) is 0 Å². The van der Waals surface area contributed by atoms with Crippen molar-refractivity contribution in [2.75, 3.05) is 0 Å². The Hall–Kier alpha value is -5.41. The summed E-state index contributed by atoms with van der Waals surface area (Å²) < 4.78 is 0. The van der Waals surface area contributed by atoms with Crippen LogP contribution in [0.5, 0.6) is 0 Å². The van der Waals surface area contributed by atoms with Gasteiger partial charge in [0.05, 0.1) is 5.76 Å². The predicted octanol–water partition coefficient (Wildman–Crippen LogP) is 11.0. The fourth-order valence-corrected chi connectivity index (χ4v) is 7.20. The number of rotatable bonds is 6. The van der Waals surface area contributed by atoms with Crippen LogP contribution in [0.4, 0.5) is 0 Å². The van der Waals surface area contributed by atoms with Crippen molar-refractivity contribution in [2.24, 2.45) is 0 Å². The Kier molecular flexibility index (Phi) is 10.9. The zero-order valence-corrected chi connectivity index (χ0v) is 31.0. The van der Waals surface area contributed by atoms with Crippen LogP contribution in [-0.2, 0) is 43.2 Å². The van der Waals surface area contributed by atoms with Crippen LogP contribution in [0.2, 0.25) is 0 Å². The fraction of sp³-hybridized carbons (Fsp3) is 0.106. The first-order chi connectivity index (χ1) is 24.4. The molecular formula is C47H38IrNO2-. The molecule has 0 amide bonds. The fourth-order valence-electron chi connectivity index (χ4n) is 7.20. The minimum absolute atomic E-state index is 0. The van der Waals surface area contributed by atoms with Crippen molar-refractivity contribution in [3.8, 4) is 22.4 Å². The zero-order valence-electron chi connectivity index (χ0n) is 28.6. The molecule has 0 aliphatic heterocycles. The Morgan fingerprint density at radius 1 is 0.667 bits per heavy atom. The topological polar surface area (TPSA) is 50.2 Å². The zero-order chi connectivity index (χ0) is 34.5. The van der Waals surface area contributed by atoms with Crippen LogP contribution in [0.1, 0.15) is 58.4 Å². The number of carbonyl (C=O) groups is 1. The number of aliphatic hydroxyl groups is 1. The van der Waals surface area contributed by atoms with E-state index in [1.807, 2.05) is 18.3 Å². The van der Waals surface area contributed by atoms with Crippen molar-refractivity contribution in [3.63, 3.8) is 0 Å². The van der Waals surface area contributed by atoms with Gasteiger partial charge in [0.25, 0.3) is 0 Å². The van der Waals surface area contributed by atoms with Gasteiger partial charge in [0.15, 0.2) is 5.78 Å². The van der Waals surface area contributed by atoms with Crippen molar-refractivity contribution >= 4 is 30.1 Å². The SMILES string of the molecule is CC(=O)/C=C(/C)O.[Ir].[c-]1cc2c(cc1-c1ccccn1)CC1(C2)c2cc(/C=C/c3ccccc3)ccc2-c2ccc(/C=C/c3ccccc3)cc21. The maximum absolute atomic E-state index is 10.0. The van der Waals surface area contributed by atoms with Crippen LogP contribution in [0.25, 0.3) is 46.7 Å². The number of hydrogen-bond acceptors (Lipinski definition) is 3. The normalized spacial score (nSPS) is 13.6. The van der Waals surface area contributed by atoms with E-state index in [2.05, 4.69) is 151 Å². The molecule has 8 rings (SSSR count). The molecule has 1 aromatic heterocycles. The molecule has 5 aromatic carbocycles. The molecule has 1 radical (unpaired) electrons. The summed E-state index contributed by atoms with van der Waals surface area (Å²) in [5.41, 5.74) is 15.2. The Morgan fingerprint density at radius 3 is 1.69 bits per heavy atom. The molecule has 4 heteroatoms. The first kappa shape index (κ1) is 35.4. The molecule has 0 bridgehead atoms. The molecular weight excluding hydrogens is 803 g/mol. The van der Waals surface area contributed by atoms with E-state index in [1.165, 1.54) is 75.6 Å². The number of allylic oxidation sites excluding steroid dienone is 2. The Morgan fingerprint density at radius 2 is 1.20 bits per heavy atom. The standard InChI is InChI=1S/C42H30N.C5H8O2.Ir/c1-3-9-30(10-4-1)14-16-32-18-22-37-38-23-19-33(17-15-31-11-5-2-6-12-31)26-40(38)42(39(37)25-32)28-35-21-20-34(27-36(35)29-42)41-13-7-8-24-43-41;1-4(6)3-5(2)7;/h1-19,21-27H,28-29H2;3,6H,1-2H3;/q-1;;/b16-14+,17-15+;4-3-;. The van der Waals surface area contributed by atoms with Gasteiger partial charge in [0.1, 0.15) is 0 Å². The van der Waals surface area contributed by atoms with E-state index in [9.17, 15) is 4.79 Å². The van der Waals surface area contributed by atoms with Crippen molar-refractivity contribution < 1.29 is 30.0 Å². The third kappa shape index (κ3) is 7.84. The molecule has 0 unspecified atom stereocenters. The molecule has 2 aliphatic carbocycles. The van der Waals surface area contributed by atoms with Gasteiger partial charge in [-0.25, -0.2) is 0 Å². The molecule has 1 heterocycles. The van der Waals surface area contributed by atoms with Gasteiger partial charge >= 0.3 is 0 Å². The van der Waals surface area contributed by atoms with Gasteiger partial charge in [-0.2, -0.15) is 0 Å². The second-order valence-corrected chi connectivity index (χ2v) is 13.0. The van der Waals surface area contributed by atoms with E-state index >= 15 is 0 Å². The summed E-state index contributed by atoms with van der Waals surface area (Å²) in [6.07, 6.45) is 13.9. The summed E-state index contributed by atoms with van der Waals surface area (Å²) in [6.45, 7) is 2.85. The van der Waals surface area contributed by atoms with Gasteiger partial charge in [0.2, 0.25) is 0 Å². The van der Waals surface area contributed by atoms with E-state index in [-0.39, 0.29) is 37.1 Å². The van der Waals surface area contributed by atoms with E-state index < -0.39 is 0 Å². The number of aliphatic hydroxyl groups excluding tert-OH is 1. The Balaban J connectivity index is 0.000000511. The second-order valence-electron chi connectivity index (χ2n) is 13.0. The molecule has 1 N–H and O–H groups in total. The minimum atomic E-state index is -0.125. The minimum Gasteiger partial charge on any atom is -0.512 e. The molecule has 51 heavy (non-hydrogen) atoms. The largest absolute Gasteiger partial charge is 0.512 e. The molecule has 0 atom stereocenters. The molecule has 3 nitrogen and oxygen atoms in total. The first-order valence-electron chi connectivity index (χ1n) is 17.0. The van der Waals surface area contributed by atoms with Crippen LogP contribution < -0.4 is 0 Å². The number of hydrogen-bond donors (Lipinski definition) is 1. The summed E-state index contributed by atoms with van der Waals surface area (Å²) in [7, 11) is 0. The van der Waals surface area contributed by atoms with Gasteiger partial charge in [0, 0.05) is 37.8 Å². The number of ketones is 1. The molecule has 6 aromatic rings. The summed E-state index contributed by atoms with van der Waals surface area (Å²) in [5.74, 6) is -0.0625. The van der Waals surface area contributed by atoms with Crippen molar-refractivity contribution in [2.45, 2.75) is 32.1 Å². The van der Waals surface area contributed by atoms with Crippen LogP contribution in [0, 0.1) is 6.07 Å². The van der Waals surface area contributed by atoms with E-state index in [0.29, 0.717) is 0 Å². The summed E-state index contributed by atoms with van der Waals surface area (Å²) >= 11 is 0. The number of aromatic nitrogens is 1. The predicted molar refractivity (Wildman–Crippen MR) is 206 cm³/mol. The van der Waals surface area contributed by atoms with Crippen LogP contribution in [0.15, 0.2) is 145 Å². The van der Waals surface area contributed by atoms with Crippen molar-refractivity contribution in [1.82, 2.24) is 4.98 Å². The number of nitrogens with zero attached hydrogens (tertiary/aromatic N) is 1. The summed E-state index contributed by atoms with van der Waals surface area (Å²) in [6, 6.07) is 49.3. The van der Waals surface area contributed by atoms with Gasteiger partial charge in [-0.05, 0) is 83.0 Å². The third-order valence-electron chi connectivity index (χ3n) is 9.41. The molecule has 0 saturated carbocycles. The van der Waals surface area contributed by atoms with Gasteiger partial charge in [-0.3, -0.25) is 4.79 Å². The number of pyridine rings is 1. The van der Waals surface area contributed by atoms with Crippen molar-refractivity contribution in [3.05, 3.63) is 196 Å². The third-order valence-corrected chi connectivity index (χ3v) is 9.41. The van der Waals surface area contributed by atoms with Gasteiger partial charge in [-0.1, -0.05) is 133 Å². The summed E-state index contributed by atoms with van der Waals surface area (Å²) in [5, 5.41) is 8.36. The Bertz CT molecular complexity index is 2150. The van der Waals surface area contributed by atoms with Crippen LogP contribution >= 0.6 is 0 Å². The van der Waals surface area contributed by atoms with Gasteiger partial charge < -0.3 is 10.1 Å². The van der Waals surface area contributed by atoms with Crippen LogP contribution in [0.3, 0.4) is 0 Å². The first-order valence-corrected chi connectivity index (χ1v) is 17.0. The second kappa shape index (κ2) is 15.6. The smallest absolute Gasteiger partial charge is 0.155 e. The summed E-state index contributed by atoms with van der Waals surface area (Å²) in [4.78, 5) is 14.6. The number of fused-ring (bicyclic) bond motifs is 6. The molecule has 1 spiro atoms. The average molecular weight is 841 g/mol. The average Bonchev–Trinajstić information content (AvgIpc) is 3.65. The number of carbonyl (C=O) groups excluding carboxylic acids is 1. The Labute approximate surface area is 314 Å². The van der Waals surface area contributed by atoms with Crippen LogP contribution in [-0.4, -0.2) is 15.9 Å². The maximum Gasteiger partial charge on any atom is 0.155 e. The molecule has 0 saturated heterocycles. The van der Waals surface area contributed by atoms with E-state index in [1.54, 1.807) is 0 Å². The van der Waals surface area contributed by atoms with E-state index in [0.717, 1.165) is 24.1 Å². The number of benzene rings is 5. The maximum atomic E-state index is 10.0. The monoisotopic (exact) mass is 841 g/mol. The van der Waals surface area contributed by atoms with Gasteiger partial charge in [-0.15, -0.1) is 34.9 Å². The molecule has 2 aliphatic rings. The van der Waals surface area contributed by atoms with E-state index in [4.69, 9.17) is 5.11 Å². The molecule has 0 fully saturated rings. The quantitative estimate of drug-likeness (QED) is 0.0787. The molecule has 253 valence electrons.